The van der Waals surface area contributed by atoms with E-state index in [1.54, 1.807) is 0 Å². The lowest BCUT2D eigenvalue weighted by Gasteiger charge is -2.48. The third-order valence-electron chi connectivity index (χ3n) is 28.4. The van der Waals surface area contributed by atoms with Gasteiger partial charge >= 0.3 is 12.4 Å². The highest BCUT2D eigenvalue weighted by atomic mass is 19.4. The van der Waals surface area contributed by atoms with E-state index in [0.717, 1.165) is 111 Å². The van der Waals surface area contributed by atoms with Crippen LogP contribution in [0.5, 0.6) is 0 Å². The fourth-order valence-corrected chi connectivity index (χ4v) is 22.0. The summed E-state index contributed by atoms with van der Waals surface area (Å²) in [6, 6.07) is 0. The summed E-state index contributed by atoms with van der Waals surface area (Å²) in [6.45, 7) is 61.5. The molecule has 0 aliphatic heterocycles. The molecular weight excluding hydrogens is 1220 g/mol. The minimum Gasteiger partial charge on any atom is -0.171 e. The van der Waals surface area contributed by atoms with Gasteiger partial charge in [-0.2, -0.15) is 26.3 Å². The molecule has 588 valence electrons. The highest BCUT2D eigenvalue weighted by molar-refractivity contribution is 4.98. The molecule has 6 fully saturated rings. The number of alkyl halides is 6. The summed E-state index contributed by atoms with van der Waals surface area (Å²) >= 11 is 0. The summed E-state index contributed by atoms with van der Waals surface area (Å²) < 4.78 is 80.1. The minimum absolute atomic E-state index is 0.237. The predicted molar refractivity (Wildman–Crippen MR) is 424 cm³/mol. The fraction of sp³-hybridized carbons (Fsp3) is 1.00. The van der Waals surface area contributed by atoms with E-state index in [1.165, 1.54) is 225 Å². The van der Waals surface area contributed by atoms with Gasteiger partial charge in [-0.25, -0.2) is 0 Å². The monoisotopic (exact) mass is 1400 g/mol. The summed E-state index contributed by atoms with van der Waals surface area (Å²) in [5, 5.41) is 0. The molecule has 6 heteroatoms. The van der Waals surface area contributed by atoms with E-state index in [4.69, 9.17) is 0 Å². The van der Waals surface area contributed by atoms with Crippen LogP contribution in [0.3, 0.4) is 0 Å². The average molecular weight is 1400 g/mol. The third-order valence-corrected chi connectivity index (χ3v) is 28.4. The van der Waals surface area contributed by atoms with Crippen molar-refractivity contribution in [1.82, 2.24) is 0 Å². The first-order valence-electron chi connectivity index (χ1n) is 43.3. The molecule has 0 atom stereocenters. The van der Waals surface area contributed by atoms with Gasteiger partial charge in [-0.1, -0.05) is 258 Å². The van der Waals surface area contributed by atoms with Crippen molar-refractivity contribution >= 4 is 0 Å². The lowest BCUT2D eigenvalue weighted by atomic mass is 9.58. The Morgan fingerprint density at radius 2 is 0.500 bits per heavy atom. The van der Waals surface area contributed by atoms with Crippen molar-refractivity contribution in [3.05, 3.63) is 0 Å². The van der Waals surface area contributed by atoms with Crippen molar-refractivity contribution in [1.29, 1.82) is 0 Å². The smallest absolute Gasteiger partial charge is 0.171 e. The SMILES string of the molecule is CCC1CCC(C(C)C)(C(C)C)CC1.CCC1CCC(CC(C)(C)C(F)(F)F)(CC(C)(C)C(F)(F)F)CC1.CCC1CCC(CC(C)(C)C)(CC(C)(C)C)CC1.CCC1CCC(CC(C)C)(CC(C)C)CC1.CCC1CCC(CC)(CC)CC1.CCCC1(CCC)CCC(CC)CC1. The second-order valence-corrected chi connectivity index (χ2v) is 41.1. The van der Waals surface area contributed by atoms with Crippen LogP contribution >= 0.6 is 0 Å². The lowest BCUT2D eigenvalue weighted by molar-refractivity contribution is -0.241. The molecule has 0 nitrogen and oxygen atoms in total. The average Bonchev–Trinajstić information content (AvgIpc) is 0.783. The summed E-state index contributed by atoms with van der Waals surface area (Å²) in [7, 11) is 0. The molecule has 0 amide bonds. The molecule has 0 bridgehead atoms. The van der Waals surface area contributed by atoms with Gasteiger partial charge in [0.05, 0.1) is 10.8 Å². The summed E-state index contributed by atoms with van der Waals surface area (Å²) in [5.74, 6) is 9.06. The van der Waals surface area contributed by atoms with Gasteiger partial charge in [0, 0.05) is 0 Å². The molecule has 0 aromatic carbocycles. The van der Waals surface area contributed by atoms with Crippen LogP contribution in [-0.2, 0) is 0 Å². The second-order valence-electron chi connectivity index (χ2n) is 41.1. The van der Waals surface area contributed by atoms with Gasteiger partial charge in [0.25, 0.3) is 0 Å². The molecule has 0 aromatic rings. The Hall–Kier alpha value is -0.420. The highest BCUT2D eigenvalue weighted by Crippen LogP contribution is 2.60. The van der Waals surface area contributed by atoms with Crippen molar-refractivity contribution in [3.8, 4) is 0 Å². The Balaban J connectivity index is 0.000000596. The van der Waals surface area contributed by atoms with Crippen LogP contribution in [0.25, 0.3) is 0 Å². The zero-order valence-electron chi connectivity index (χ0n) is 71.7. The number of hydrogen-bond donors (Lipinski definition) is 0. The van der Waals surface area contributed by atoms with Gasteiger partial charge in [0.15, 0.2) is 0 Å². The van der Waals surface area contributed by atoms with E-state index in [9.17, 15) is 26.3 Å². The Labute approximate surface area is 612 Å². The molecule has 0 unspecified atom stereocenters. The van der Waals surface area contributed by atoms with E-state index >= 15 is 0 Å². The lowest BCUT2D eigenvalue weighted by Crippen LogP contribution is -2.45. The van der Waals surface area contributed by atoms with Crippen LogP contribution in [-0.4, -0.2) is 12.4 Å². The molecular formula is C92H178F6. The molecule has 0 spiro atoms. The van der Waals surface area contributed by atoms with Crippen LogP contribution in [0.1, 0.15) is 464 Å². The van der Waals surface area contributed by atoms with Gasteiger partial charge in [0.1, 0.15) is 0 Å². The van der Waals surface area contributed by atoms with E-state index in [2.05, 4.69) is 159 Å². The van der Waals surface area contributed by atoms with Crippen molar-refractivity contribution < 1.29 is 26.3 Å². The van der Waals surface area contributed by atoms with Gasteiger partial charge in [-0.3, -0.25) is 0 Å². The first-order valence-corrected chi connectivity index (χ1v) is 43.3. The number of hydrogen-bond acceptors (Lipinski definition) is 0. The standard InChI is InChI=1S/C18H30F6.C18H36.C16H32.2C14H28.C12H24/c1-6-13-7-9-16(10-8-13,11-14(2,3)17(19,20)21)12-15(4,5)18(22,23)24;1-8-15-9-11-18(12-10-15,13-16(2,3)4)14-17(5,6)7;1-6-15-7-9-16(10-8-15,11-13(2)3)12-14(4)5;1-6-13-7-9-14(10-8-13,11(2)3)12(4)5;1-4-9-14(10-5-2)11-7-13(6-3)8-12-14;1-4-11-7-9-12(5-2,6-3)10-8-11/h13H,6-12H2,1-5H3;15H,8-14H2,1-7H3;13-15H,6-12H2,1-5H3;11-13H,6-10H2,1-5H3;13H,4-12H2,1-3H3;11H,4-10H2,1-3H3. The zero-order chi connectivity index (χ0) is 75.5. The third kappa shape index (κ3) is 32.7. The summed E-state index contributed by atoms with van der Waals surface area (Å²) in [6.07, 6.45) is 45.1. The molecule has 6 aliphatic carbocycles. The highest BCUT2D eigenvalue weighted by Gasteiger charge is 2.57. The van der Waals surface area contributed by atoms with Crippen LogP contribution in [0.2, 0.25) is 0 Å². The molecule has 6 saturated carbocycles. The largest absolute Gasteiger partial charge is 0.393 e. The Morgan fingerprint density at radius 3 is 0.694 bits per heavy atom. The maximum Gasteiger partial charge on any atom is 0.393 e. The van der Waals surface area contributed by atoms with E-state index in [-0.39, 0.29) is 12.8 Å². The molecule has 0 saturated heterocycles. The van der Waals surface area contributed by atoms with Crippen molar-refractivity contribution in [3.63, 3.8) is 0 Å². The summed E-state index contributed by atoms with van der Waals surface area (Å²) in [5.41, 5.74) is -0.414. The van der Waals surface area contributed by atoms with Crippen molar-refractivity contribution in [2.45, 2.75) is 476 Å². The second kappa shape index (κ2) is 42.8. The van der Waals surface area contributed by atoms with Crippen LogP contribution in [0.15, 0.2) is 0 Å². The van der Waals surface area contributed by atoms with Gasteiger partial charge < -0.3 is 0 Å². The van der Waals surface area contributed by atoms with Crippen LogP contribution in [0.4, 0.5) is 26.3 Å². The number of halogens is 6. The van der Waals surface area contributed by atoms with E-state index in [1.807, 2.05) is 6.92 Å². The van der Waals surface area contributed by atoms with E-state index < -0.39 is 28.6 Å². The van der Waals surface area contributed by atoms with Gasteiger partial charge in [0.2, 0.25) is 0 Å². The molecule has 6 aliphatic rings. The predicted octanol–water partition coefficient (Wildman–Crippen LogP) is 34.1. The Morgan fingerprint density at radius 1 is 0.286 bits per heavy atom. The maximum atomic E-state index is 13.3. The molecule has 0 radical (unpaired) electrons. The van der Waals surface area contributed by atoms with Crippen LogP contribution in [0, 0.1) is 113 Å². The molecule has 6 rings (SSSR count). The quantitative estimate of drug-likeness (QED) is 0.0845. The van der Waals surface area contributed by atoms with Gasteiger partial charge in [-0.15, -0.1) is 0 Å². The Bertz CT molecular complexity index is 1900. The summed E-state index contributed by atoms with van der Waals surface area (Å²) in [4.78, 5) is 0. The fourth-order valence-electron chi connectivity index (χ4n) is 22.0. The zero-order valence-corrected chi connectivity index (χ0v) is 71.7. The Kier molecular flexibility index (Phi) is 41.7. The molecule has 0 heterocycles. The molecule has 98 heavy (non-hydrogen) atoms. The number of rotatable bonds is 24. The topological polar surface area (TPSA) is 0 Å². The first kappa shape index (κ1) is 95.6. The molecule has 0 N–H and O–H groups in total. The van der Waals surface area contributed by atoms with Gasteiger partial charge in [-0.05, 0) is 308 Å². The van der Waals surface area contributed by atoms with E-state index in [0.29, 0.717) is 45.8 Å². The van der Waals surface area contributed by atoms with Crippen molar-refractivity contribution in [2.24, 2.45) is 113 Å². The minimum atomic E-state index is -4.41. The van der Waals surface area contributed by atoms with Crippen LogP contribution < -0.4 is 0 Å². The maximum absolute atomic E-state index is 13.3. The molecule has 0 aromatic heterocycles. The first-order chi connectivity index (χ1) is 45.1. The van der Waals surface area contributed by atoms with Crippen molar-refractivity contribution in [2.75, 3.05) is 0 Å². The normalized spacial score (nSPS) is 22.3.